The highest BCUT2D eigenvalue weighted by molar-refractivity contribution is 6.04. The molecule has 2 aliphatic rings. The molecule has 3 heterocycles. The summed E-state index contributed by atoms with van der Waals surface area (Å²) >= 11 is 0. The largest absolute Gasteiger partial charge is 0.509 e. The van der Waals surface area contributed by atoms with Crippen molar-refractivity contribution in [3.8, 4) is 11.5 Å². The third-order valence-electron chi connectivity index (χ3n) is 6.58. The van der Waals surface area contributed by atoms with E-state index in [-0.39, 0.29) is 5.43 Å². The van der Waals surface area contributed by atoms with Crippen molar-refractivity contribution < 1.29 is 23.7 Å². The monoisotopic (exact) mass is 431 g/mol. The van der Waals surface area contributed by atoms with Gasteiger partial charge in [0, 0.05) is 18.5 Å². The number of fused-ring (bicyclic) bond motifs is 7. The zero-order valence-corrected chi connectivity index (χ0v) is 18.1. The number of nitrogens with zero attached hydrogens (tertiary/aromatic N) is 1. The van der Waals surface area contributed by atoms with Crippen LogP contribution in [0.4, 0.5) is 4.79 Å². The summed E-state index contributed by atoms with van der Waals surface area (Å²) in [6, 6.07) is 13.5. The molecule has 0 radical (unpaired) electrons. The van der Waals surface area contributed by atoms with Gasteiger partial charge in [-0.25, -0.2) is 4.79 Å². The Morgan fingerprint density at radius 3 is 2.47 bits per heavy atom. The molecule has 7 heteroatoms. The van der Waals surface area contributed by atoms with Crippen molar-refractivity contribution in [2.75, 3.05) is 7.11 Å². The third kappa shape index (κ3) is 2.36. The van der Waals surface area contributed by atoms with Gasteiger partial charge in [-0.3, -0.25) is 4.79 Å². The Hall–Kier alpha value is -3.74. The van der Waals surface area contributed by atoms with Gasteiger partial charge in [-0.2, -0.15) is 0 Å². The Morgan fingerprint density at radius 1 is 1.03 bits per heavy atom. The summed E-state index contributed by atoms with van der Waals surface area (Å²) in [4.78, 5) is 25.8. The second kappa shape index (κ2) is 6.16. The topological polar surface area (TPSA) is 76.0 Å². The minimum absolute atomic E-state index is 0.148. The summed E-state index contributed by atoms with van der Waals surface area (Å²) in [6.07, 6.45) is -2.08. The Balaban J connectivity index is 1.81. The van der Waals surface area contributed by atoms with Crippen molar-refractivity contribution in [2.24, 2.45) is 7.05 Å². The molecule has 6 rings (SSSR count). The highest BCUT2D eigenvalue weighted by Crippen LogP contribution is 2.51. The van der Waals surface area contributed by atoms with Crippen LogP contribution in [0.2, 0.25) is 0 Å². The van der Waals surface area contributed by atoms with Gasteiger partial charge in [0.25, 0.3) is 0 Å². The first-order chi connectivity index (χ1) is 15.3. The van der Waals surface area contributed by atoms with Crippen molar-refractivity contribution in [3.63, 3.8) is 0 Å². The Kier molecular flexibility index (Phi) is 3.65. The van der Waals surface area contributed by atoms with Crippen LogP contribution >= 0.6 is 0 Å². The number of benzene rings is 3. The molecule has 1 aromatic heterocycles. The van der Waals surface area contributed by atoms with Gasteiger partial charge < -0.3 is 23.5 Å². The molecule has 0 aliphatic carbocycles. The van der Waals surface area contributed by atoms with Gasteiger partial charge in [-0.15, -0.1) is 0 Å². The van der Waals surface area contributed by atoms with Gasteiger partial charge in [0.15, 0.2) is 12.2 Å². The fourth-order valence-corrected chi connectivity index (χ4v) is 5.08. The van der Waals surface area contributed by atoms with E-state index in [0.717, 1.165) is 16.3 Å². The summed E-state index contributed by atoms with van der Waals surface area (Å²) in [5.74, 6) is 0.919. The number of rotatable bonds is 1. The maximum absolute atomic E-state index is 13.8. The molecule has 0 spiro atoms. The minimum atomic E-state index is -0.811. The lowest BCUT2D eigenvalue weighted by Crippen LogP contribution is -2.48. The Bertz CT molecular complexity index is 1530. The first-order valence-corrected chi connectivity index (χ1v) is 10.4. The highest BCUT2D eigenvalue weighted by Gasteiger charge is 2.54. The number of aromatic nitrogens is 1. The van der Waals surface area contributed by atoms with Crippen molar-refractivity contribution in [2.45, 2.75) is 31.7 Å². The molecular formula is C25H21NO6. The second-order valence-corrected chi connectivity index (χ2v) is 8.85. The van der Waals surface area contributed by atoms with Gasteiger partial charge >= 0.3 is 6.16 Å². The molecule has 0 bridgehead atoms. The third-order valence-corrected chi connectivity index (χ3v) is 6.58. The van der Waals surface area contributed by atoms with Gasteiger partial charge in [0.1, 0.15) is 17.1 Å². The molecule has 7 nitrogen and oxygen atoms in total. The molecule has 32 heavy (non-hydrogen) atoms. The molecule has 3 aromatic carbocycles. The summed E-state index contributed by atoms with van der Waals surface area (Å²) in [5, 5.41) is 3.01. The normalized spacial score (nSPS) is 21.1. The quantitative estimate of drug-likeness (QED) is 0.324. The lowest BCUT2D eigenvalue weighted by Gasteiger charge is -2.39. The number of hydrogen-bond acceptors (Lipinski definition) is 6. The number of pyridine rings is 1. The van der Waals surface area contributed by atoms with Crippen LogP contribution in [-0.2, 0) is 16.5 Å². The summed E-state index contributed by atoms with van der Waals surface area (Å²) in [6.45, 7) is 3.69. The van der Waals surface area contributed by atoms with Crippen molar-refractivity contribution in [1.82, 2.24) is 4.57 Å². The van der Waals surface area contributed by atoms with Gasteiger partial charge in [0.2, 0.25) is 5.43 Å². The van der Waals surface area contributed by atoms with Crippen LogP contribution in [0.1, 0.15) is 25.5 Å². The molecule has 0 saturated carbocycles. The van der Waals surface area contributed by atoms with Gasteiger partial charge in [0.05, 0.1) is 29.1 Å². The molecular weight excluding hydrogens is 410 g/mol. The molecule has 4 aromatic rings. The van der Waals surface area contributed by atoms with Gasteiger partial charge in [-0.1, -0.05) is 24.3 Å². The van der Waals surface area contributed by atoms with E-state index in [4.69, 9.17) is 18.9 Å². The molecule has 0 amide bonds. The lowest BCUT2D eigenvalue weighted by atomic mass is 9.86. The summed E-state index contributed by atoms with van der Waals surface area (Å²) < 4.78 is 24.9. The van der Waals surface area contributed by atoms with Crippen LogP contribution in [0.25, 0.3) is 32.6 Å². The number of hydrogen-bond donors (Lipinski definition) is 0. The number of methoxy groups -OCH3 is 1. The maximum atomic E-state index is 13.8. The minimum Gasteiger partial charge on any atom is -0.496 e. The smallest absolute Gasteiger partial charge is 0.496 e. The standard InChI is InChI=1S/C25H21NO6/c1-25(2)23-22(30-24(28)31-23)19-17(32-25)11-16(29-4)18-20(19)26(3)15-10-13-8-6-5-7-12(13)9-14(15)21(18)27/h5-11,22-23H,1-4H3/t22-,23?/m1/s1. The van der Waals surface area contributed by atoms with Crippen LogP contribution < -0.4 is 14.9 Å². The summed E-state index contributed by atoms with van der Waals surface area (Å²) in [5.41, 5.74) is 1.03. The van der Waals surface area contributed by atoms with Crippen LogP contribution in [0, 0.1) is 0 Å². The van der Waals surface area contributed by atoms with E-state index in [1.165, 1.54) is 7.11 Å². The van der Waals surface area contributed by atoms with Crippen LogP contribution in [0.15, 0.2) is 47.3 Å². The SMILES string of the molecule is COc1cc2c(c3c1c(=O)c1cc4ccccc4cc1n3C)[C@H]1OC(=O)OC1C(C)(C)O2. The Labute approximate surface area is 183 Å². The molecule has 1 saturated heterocycles. The highest BCUT2D eigenvalue weighted by atomic mass is 16.8. The van der Waals surface area contributed by atoms with Crippen LogP contribution in [0.3, 0.4) is 0 Å². The zero-order chi connectivity index (χ0) is 22.4. The van der Waals surface area contributed by atoms with E-state index >= 15 is 0 Å². The predicted octanol–water partition coefficient (Wildman–Crippen LogP) is 4.60. The average molecular weight is 431 g/mol. The maximum Gasteiger partial charge on any atom is 0.509 e. The molecule has 1 fully saturated rings. The van der Waals surface area contributed by atoms with Gasteiger partial charge in [-0.05, 0) is 36.8 Å². The first kappa shape index (κ1) is 19.0. The molecule has 1 unspecified atom stereocenters. The zero-order valence-electron chi connectivity index (χ0n) is 18.1. The first-order valence-electron chi connectivity index (χ1n) is 10.4. The van der Waals surface area contributed by atoms with Crippen molar-refractivity contribution in [1.29, 1.82) is 0 Å². The molecule has 2 aliphatic heterocycles. The van der Waals surface area contributed by atoms with Crippen LogP contribution in [-0.4, -0.2) is 29.5 Å². The average Bonchev–Trinajstić information content (AvgIpc) is 3.17. The van der Waals surface area contributed by atoms with E-state index in [9.17, 15) is 9.59 Å². The van der Waals surface area contributed by atoms with E-state index in [1.54, 1.807) is 6.07 Å². The van der Waals surface area contributed by atoms with E-state index in [1.807, 2.05) is 61.9 Å². The molecule has 2 atom stereocenters. The van der Waals surface area contributed by atoms with Crippen LogP contribution in [0.5, 0.6) is 11.5 Å². The van der Waals surface area contributed by atoms with E-state index in [2.05, 4.69) is 0 Å². The number of aryl methyl sites for hydroxylation is 1. The Morgan fingerprint density at radius 2 is 1.75 bits per heavy atom. The lowest BCUT2D eigenvalue weighted by molar-refractivity contribution is -0.0499. The fraction of sp³-hybridized carbons (Fsp3) is 0.280. The number of ether oxygens (including phenoxy) is 4. The van der Waals surface area contributed by atoms with E-state index in [0.29, 0.717) is 33.4 Å². The van der Waals surface area contributed by atoms with E-state index < -0.39 is 24.0 Å². The van der Waals surface area contributed by atoms with Crippen molar-refractivity contribution in [3.05, 3.63) is 58.3 Å². The predicted molar refractivity (Wildman–Crippen MR) is 120 cm³/mol. The van der Waals surface area contributed by atoms with Crippen molar-refractivity contribution >= 4 is 38.7 Å². The fourth-order valence-electron chi connectivity index (χ4n) is 5.08. The number of carbonyl (C=O) groups is 1. The molecule has 162 valence electrons. The number of carbonyl (C=O) groups excluding carboxylic acids is 1. The second-order valence-electron chi connectivity index (χ2n) is 8.85. The molecule has 0 N–H and O–H groups in total. The summed E-state index contributed by atoms with van der Waals surface area (Å²) in [7, 11) is 3.42.